The van der Waals surface area contributed by atoms with E-state index >= 15 is 0 Å². The Morgan fingerprint density at radius 2 is 1.78 bits per heavy atom. The van der Waals surface area contributed by atoms with Gasteiger partial charge in [-0.05, 0) is 11.6 Å². The van der Waals surface area contributed by atoms with Gasteiger partial charge in [0.1, 0.15) is 0 Å². The molecule has 0 saturated heterocycles. The molecule has 0 atom stereocenters. The van der Waals surface area contributed by atoms with Crippen LogP contribution < -0.4 is 4.90 Å². The van der Waals surface area contributed by atoms with Crippen molar-refractivity contribution in [2.75, 3.05) is 45.4 Å². The van der Waals surface area contributed by atoms with Crippen molar-refractivity contribution in [3.63, 3.8) is 0 Å². The molecule has 1 rings (SSSR count). The highest BCUT2D eigenvalue weighted by molar-refractivity contribution is 9.08. The van der Waals surface area contributed by atoms with E-state index in [1.165, 1.54) is 5.56 Å². The number of halogens is 2. The third kappa shape index (κ3) is 4.43. The van der Waals surface area contributed by atoms with Crippen LogP contribution in [0.15, 0.2) is 18.2 Å². The van der Waals surface area contributed by atoms with Crippen LogP contribution in [0, 0.1) is 0 Å². The molecule has 0 spiro atoms. The zero-order valence-corrected chi connectivity index (χ0v) is 13.1. The summed E-state index contributed by atoms with van der Waals surface area (Å²) in [6.07, 6.45) is 0. The fourth-order valence-electron chi connectivity index (χ4n) is 1.76. The number of hydrogen-bond donors (Lipinski definition) is 0. The van der Waals surface area contributed by atoms with E-state index < -0.39 is 0 Å². The number of nitrogens with zero attached hydrogens (tertiary/aromatic N) is 1. The Balaban J connectivity index is 2.94. The predicted octanol–water partition coefficient (Wildman–Crippen LogP) is 3.33. The molecule has 1 aromatic carbocycles. The number of alkyl halides is 1. The minimum Gasteiger partial charge on any atom is -0.383 e. The van der Waals surface area contributed by atoms with E-state index in [9.17, 15) is 0 Å². The largest absolute Gasteiger partial charge is 0.383 e. The van der Waals surface area contributed by atoms with Gasteiger partial charge in [0.2, 0.25) is 0 Å². The van der Waals surface area contributed by atoms with E-state index in [-0.39, 0.29) is 0 Å². The van der Waals surface area contributed by atoms with Crippen LogP contribution in [0.25, 0.3) is 0 Å². The molecule has 0 fully saturated rings. The van der Waals surface area contributed by atoms with Gasteiger partial charge >= 0.3 is 0 Å². The van der Waals surface area contributed by atoms with Gasteiger partial charge in [0.25, 0.3) is 0 Å². The third-order valence-corrected chi connectivity index (χ3v) is 3.57. The molecular weight excluding hydrogens is 318 g/mol. The summed E-state index contributed by atoms with van der Waals surface area (Å²) in [5.74, 6) is 0. The zero-order chi connectivity index (χ0) is 13.4. The summed E-state index contributed by atoms with van der Waals surface area (Å²) in [6, 6.07) is 5.95. The lowest BCUT2D eigenvalue weighted by molar-refractivity contribution is 0.190. The quantitative estimate of drug-likeness (QED) is 0.680. The molecular formula is C13H19BrClNO2. The first-order chi connectivity index (χ1) is 8.74. The number of ether oxygens (including phenoxy) is 2. The summed E-state index contributed by atoms with van der Waals surface area (Å²) >= 11 is 9.82. The number of methoxy groups -OCH3 is 2. The smallest absolute Gasteiger partial charge is 0.0642 e. The number of rotatable bonds is 8. The molecule has 0 heterocycles. The van der Waals surface area contributed by atoms with E-state index in [2.05, 4.69) is 26.9 Å². The third-order valence-electron chi connectivity index (χ3n) is 2.66. The molecule has 1 aromatic rings. The molecule has 0 amide bonds. The highest BCUT2D eigenvalue weighted by Gasteiger charge is 2.14. The zero-order valence-electron chi connectivity index (χ0n) is 10.8. The van der Waals surface area contributed by atoms with Crippen LogP contribution in [-0.4, -0.2) is 40.5 Å². The molecule has 0 aliphatic rings. The molecule has 0 aromatic heterocycles. The van der Waals surface area contributed by atoms with Crippen LogP contribution in [0.4, 0.5) is 5.69 Å². The maximum absolute atomic E-state index is 6.32. The van der Waals surface area contributed by atoms with Crippen LogP contribution >= 0.6 is 27.5 Å². The van der Waals surface area contributed by atoms with Crippen molar-refractivity contribution in [2.45, 2.75) is 5.33 Å². The van der Waals surface area contributed by atoms with Crippen molar-refractivity contribution in [3.05, 3.63) is 28.8 Å². The fraction of sp³-hybridized carbons (Fsp3) is 0.538. The van der Waals surface area contributed by atoms with E-state index in [0.717, 1.165) is 29.1 Å². The maximum atomic E-state index is 6.32. The molecule has 5 heteroatoms. The Labute approximate surface area is 122 Å². The molecule has 18 heavy (non-hydrogen) atoms. The van der Waals surface area contributed by atoms with Crippen molar-refractivity contribution in [1.29, 1.82) is 0 Å². The van der Waals surface area contributed by atoms with Gasteiger partial charge in [-0.15, -0.1) is 0 Å². The molecule has 0 bridgehead atoms. The second kappa shape index (κ2) is 8.75. The molecule has 0 aliphatic heterocycles. The van der Waals surface area contributed by atoms with E-state index in [1.54, 1.807) is 14.2 Å². The van der Waals surface area contributed by atoms with Gasteiger partial charge in [0, 0.05) is 32.6 Å². The second-order valence-electron chi connectivity index (χ2n) is 3.85. The fourth-order valence-corrected chi connectivity index (χ4v) is 2.53. The lowest BCUT2D eigenvalue weighted by Gasteiger charge is -2.27. The average Bonchev–Trinajstić information content (AvgIpc) is 2.39. The summed E-state index contributed by atoms with van der Waals surface area (Å²) in [4.78, 5) is 2.20. The van der Waals surface area contributed by atoms with Crippen molar-refractivity contribution in [2.24, 2.45) is 0 Å². The lowest BCUT2D eigenvalue weighted by Crippen LogP contribution is -2.31. The van der Waals surface area contributed by atoms with E-state index in [1.807, 2.05) is 12.1 Å². The van der Waals surface area contributed by atoms with Crippen molar-refractivity contribution in [1.82, 2.24) is 0 Å². The first-order valence-corrected chi connectivity index (χ1v) is 7.30. The van der Waals surface area contributed by atoms with Crippen LogP contribution in [0.5, 0.6) is 0 Å². The Hall–Kier alpha value is -0.290. The molecule has 3 nitrogen and oxygen atoms in total. The van der Waals surface area contributed by atoms with Gasteiger partial charge in [-0.25, -0.2) is 0 Å². The molecule has 0 aliphatic carbocycles. The maximum Gasteiger partial charge on any atom is 0.0642 e. The monoisotopic (exact) mass is 335 g/mol. The highest BCUT2D eigenvalue weighted by Crippen LogP contribution is 2.31. The Morgan fingerprint density at radius 1 is 1.17 bits per heavy atom. The van der Waals surface area contributed by atoms with Gasteiger partial charge in [-0.3, -0.25) is 0 Å². The molecule has 0 radical (unpaired) electrons. The average molecular weight is 337 g/mol. The van der Waals surface area contributed by atoms with E-state index in [0.29, 0.717) is 13.2 Å². The van der Waals surface area contributed by atoms with Gasteiger partial charge in [-0.2, -0.15) is 0 Å². The Bertz CT molecular complexity index is 355. The normalized spacial score (nSPS) is 10.7. The first-order valence-electron chi connectivity index (χ1n) is 5.80. The molecule has 0 saturated carbocycles. The summed E-state index contributed by atoms with van der Waals surface area (Å²) in [5, 5.41) is 1.54. The van der Waals surface area contributed by atoms with Gasteiger partial charge < -0.3 is 14.4 Å². The van der Waals surface area contributed by atoms with Crippen LogP contribution in [0.2, 0.25) is 5.02 Å². The topological polar surface area (TPSA) is 21.7 Å². The van der Waals surface area contributed by atoms with Crippen molar-refractivity contribution in [3.8, 4) is 0 Å². The Morgan fingerprint density at radius 3 is 2.28 bits per heavy atom. The lowest BCUT2D eigenvalue weighted by atomic mass is 10.2. The minimum absolute atomic E-state index is 0.663. The van der Waals surface area contributed by atoms with Crippen LogP contribution in [-0.2, 0) is 14.8 Å². The standard InChI is InChI=1S/C13H19BrClNO2/c1-17-8-6-16(7-9-18-2)13-11(10-14)4-3-5-12(13)15/h3-5H,6-10H2,1-2H3. The van der Waals surface area contributed by atoms with Crippen LogP contribution in [0.1, 0.15) is 5.56 Å². The summed E-state index contributed by atoms with van der Waals surface area (Å²) in [6.45, 7) is 2.92. The van der Waals surface area contributed by atoms with Crippen molar-refractivity contribution >= 4 is 33.2 Å². The minimum atomic E-state index is 0.663. The van der Waals surface area contributed by atoms with Gasteiger partial charge in [0.05, 0.1) is 23.9 Å². The van der Waals surface area contributed by atoms with Gasteiger partial charge in [-0.1, -0.05) is 39.7 Å². The molecule has 0 N–H and O–H groups in total. The second-order valence-corrected chi connectivity index (χ2v) is 4.82. The van der Waals surface area contributed by atoms with Crippen LogP contribution in [0.3, 0.4) is 0 Å². The summed E-state index contributed by atoms with van der Waals surface area (Å²) in [7, 11) is 3.40. The predicted molar refractivity (Wildman–Crippen MR) is 80.0 cm³/mol. The van der Waals surface area contributed by atoms with Gasteiger partial charge in [0.15, 0.2) is 0 Å². The first kappa shape index (κ1) is 15.8. The number of anilines is 1. The highest BCUT2D eigenvalue weighted by atomic mass is 79.9. The molecule has 0 unspecified atom stereocenters. The summed E-state index contributed by atoms with van der Waals surface area (Å²) < 4.78 is 10.3. The number of hydrogen-bond acceptors (Lipinski definition) is 3. The SMILES string of the molecule is COCCN(CCOC)c1c(Cl)cccc1CBr. The van der Waals surface area contributed by atoms with E-state index in [4.69, 9.17) is 21.1 Å². The number of benzene rings is 1. The molecule has 102 valence electrons. The Kier molecular flexibility index (Phi) is 7.66. The van der Waals surface area contributed by atoms with Crippen molar-refractivity contribution < 1.29 is 9.47 Å². The number of para-hydroxylation sites is 1. The summed E-state index contributed by atoms with van der Waals surface area (Å²) in [5.41, 5.74) is 2.24.